The van der Waals surface area contributed by atoms with Gasteiger partial charge in [-0.3, -0.25) is 14.2 Å². The van der Waals surface area contributed by atoms with E-state index in [0.717, 1.165) is 141 Å². The zero-order valence-electron chi connectivity index (χ0n) is 54.9. The zero-order chi connectivity index (χ0) is 62.6. The third-order valence-corrected chi connectivity index (χ3v) is 14.4. The zero-order valence-corrected chi connectivity index (χ0v) is 55.8. The first-order valence-corrected chi connectivity index (χ1v) is 35.0. The SMILES string of the molecule is CC/C=C\C/C=C\C/C=C\C/C=C\C/C=C\C/C=C\C/C=C\C/C=C\CCCCCCCCCCCCCCC(=O)OC(COC(=O)CCCCC/C=C\C/C=C\C/C=C\C/C=C\C/C=C\C/C=C\C/C=C\CC)COP(=O)([O-])OCC[N+](C)(C)C. The van der Waals surface area contributed by atoms with Gasteiger partial charge in [0.05, 0.1) is 27.7 Å². The van der Waals surface area contributed by atoms with Gasteiger partial charge in [-0.25, -0.2) is 0 Å². The predicted molar refractivity (Wildman–Crippen MR) is 369 cm³/mol. The van der Waals surface area contributed by atoms with Crippen LogP contribution in [0.15, 0.2) is 182 Å². The number of hydrogen-bond donors (Lipinski definition) is 0. The fourth-order valence-corrected chi connectivity index (χ4v) is 9.09. The fraction of sp³-hybridized carbons (Fsp3) is 0.579. The van der Waals surface area contributed by atoms with E-state index < -0.39 is 32.5 Å². The molecule has 0 radical (unpaired) electrons. The number of quaternary nitrogens is 1. The Balaban J connectivity index is 4.18. The number of carbonyl (C=O) groups is 2. The van der Waals surface area contributed by atoms with Gasteiger partial charge in [0.25, 0.3) is 7.82 Å². The van der Waals surface area contributed by atoms with Crippen molar-refractivity contribution in [2.45, 2.75) is 238 Å². The maximum atomic E-state index is 12.9. The Bertz CT molecular complexity index is 2100. The van der Waals surface area contributed by atoms with E-state index in [4.69, 9.17) is 18.5 Å². The van der Waals surface area contributed by atoms with E-state index in [0.29, 0.717) is 23.9 Å². The van der Waals surface area contributed by atoms with Crippen LogP contribution in [0, 0.1) is 0 Å². The summed E-state index contributed by atoms with van der Waals surface area (Å²) in [6, 6.07) is 0. The maximum absolute atomic E-state index is 12.9. The molecule has 10 heteroatoms. The van der Waals surface area contributed by atoms with E-state index in [1.807, 2.05) is 21.1 Å². The van der Waals surface area contributed by atoms with Gasteiger partial charge < -0.3 is 27.9 Å². The number of nitrogens with zero attached hydrogens (tertiary/aromatic N) is 1. The number of allylic oxidation sites excluding steroid dienone is 30. The van der Waals surface area contributed by atoms with Crippen molar-refractivity contribution in [3.05, 3.63) is 182 Å². The molecule has 0 rings (SSSR count). The van der Waals surface area contributed by atoms with E-state index in [1.165, 1.54) is 51.4 Å². The average Bonchev–Trinajstić information content (AvgIpc) is 3.67. The molecular formula is C76H122NO8P. The first-order chi connectivity index (χ1) is 42.0. The summed E-state index contributed by atoms with van der Waals surface area (Å²) in [7, 11) is 1.12. The predicted octanol–water partition coefficient (Wildman–Crippen LogP) is 21.3. The van der Waals surface area contributed by atoms with Crippen LogP contribution in [0.4, 0.5) is 0 Å². The minimum atomic E-state index is -4.66. The summed E-state index contributed by atoms with van der Waals surface area (Å²) < 4.78 is 34.2. The molecule has 9 nitrogen and oxygen atoms in total. The van der Waals surface area contributed by atoms with Crippen LogP contribution in [0.3, 0.4) is 0 Å². The highest BCUT2D eigenvalue weighted by Gasteiger charge is 2.22. The molecule has 0 saturated carbocycles. The molecule has 0 N–H and O–H groups in total. The lowest BCUT2D eigenvalue weighted by Gasteiger charge is -2.28. The largest absolute Gasteiger partial charge is 0.756 e. The number of ether oxygens (including phenoxy) is 2. The standard InChI is InChI=1S/C76H122NO8P/c1-6-8-10-12-14-16-18-20-22-24-26-28-30-32-33-34-35-36-37-38-39-40-41-42-43-45-47-49-51-53-55-57-59-61-63-65-67-69-76(79)85-74(73-84-86(80,81)83-71-70-77(3,4)5)72-82-75(78)68-66-64-62-60-58-56-54-52-50-48-46-44-31-29-27-25-23-21-19-17-15-13-11-9-7-2/h8-11,14-17,20-23,26-29,32-33,35-36,38-39,41-42,44,46,50,52,56,58,74H,6-7,12-13,18-19,24-25,30-31,34,37,40,43,45,47-49,51,53-55,57,59-73H2,1-5H3/b10-8-,11-9-,16-14-,17-15-,22-20-,23-21-,28-26-,29-27-,33-32-,36-35-,39-38-,42-41-,46-44-,52-50-,58-56-. The molecule has 2 atom stereocenters. The van der Waals surface area contributed by atoms with E-state index >= 15 is 0 Å². The van der Waals surface area contributed by atoms with Crippen molar-refractivity contribution in [1.29, 1.82) is 0 Å². The molecule has 0 bridgehead atoms. The maximum Gasteiger partial charge on any atom is 0.306 e. The topological polar surface area (TPSA) is 111 Å². The second-order valence-corrected chi connectivity index (χ2v) is 24.1. The summed E-state index contributed by atoms with van der Waals surface area (Å²) in [6.45, 7) is 3.95. The molecule has 86 heavy (non-hydrogen) atoms. The molecule has 0 amide bonds. The minimum absolute atomic E-state index is 0.0468. The number of phosphoric acid groups is 1. The number of hydrogen-bond acceptors (Lipinski definition) is 8. The van der Waals surface area contributed by atoms with Crippen LogP contribution in [-0.2, 0) is 32.7 Å². The summed E-state index contributed by atoms with van der Waals surface area (Å²) in [5.74, 6) is -0.886. The molecule has 0 aliphatic rings. The molecule has 0 saturated heterocycles. The first kappa shape index (κ1) is 81.1. The van der Waals surface area contributed by atoms with Crippen molar-refractivity contribution in [3.8, 4) is 0 Å². The van der Waals surface area contributed by atoms with Crippen LogP contribution in [0.5, 0.6) is 0 Å². The second-order valence-electron chi connectivity index (χ2n) is 22.7. The van der Waals surface area contributed by atoms with Crippen LogP contribution in [0.2, 0.25) is 0 Å². The van der Waals surface area contributed by atoms with Gasteiger partial charge in [0.15, 0.2) is 6.10 Å². The molecule has 0 aromatic heterocycles. The van der Waals surface area contributed by atoms with Gasteiger partial charge in [0, 0.05) is 12.8 Å². The molecule has 2 unspecified atom stereocenters. The number of rotatable bonds is 59. The highest BCUT2D eigenvalue weighted by atomic mass is 31.2. The first-order valence-electron chi connectivity index (χ1n) is 33.5. The summed E-state index contributed by atoms with van der Waals surface area (Å²) >= 11 is 0. The van der Waals surface area contributed by atoms with Crippen LogP contribution in [0.25, 0.3) is 0 Å². The highest BCUT2D eigenvalue weighted by Crippen LogP contribution is 2.38. The third kappa shape index (κ3) is 68.2. The lowest BCUT2D eigenvalue weighted by molar-refractivity contribution is -0.870. The Morgan fingerprint density at radius 1 is 0.360 bits per heavy atom. The van der Waals surface area contributed by atoms with Crippen molar-refractivity contribution in [1.82, 2.24) is 0 Å². The van der Waals surface area contributed by atoms with E-state index in [1.54, 1.807) is 0 Å². The fourth-order valence-electron chi connectivity index (χ4n) is 8.36. The molecule has 0 aliphatic carbocycles. The van der Waals surface area contributed by atoms with Crippen LogP contribution < -0.4 is 4.89 Å². The van der Waals surface area contributed by atoms with Crippen molar-refractivity contribution in [2.24, 2.45) is 0 Å². The van der Waals surface area contributed by atoms with Gasteiger partial charge in [0.1, 0.15) is 19.8 Å². The second kappa shape index (κ2) is 64.6. The van der Waals surface area contributed by atoms with Gasteiger partial charge >= 0.3 is 11.9 Å². The van der Waals surface area contributed by atoms with Gasteiger partial charge in [-0.1, -0.05) is 267 Å². The monoisotopic (exact) mass is 1210 g/mol. The molecule has 484 valence electrons. The third-order valence-electron chi connectivity index (χ3n) is 13.4. The Morgan fingerprint density at radius 3 is 0.942 bits per heavy atom. The van der Waals surface area contributed by atoms with Crippen LogP contribution >= 0.6 is 7.82 Å². The van der Waals surface area contributed by atoms with Crippen molar-refractivity contribution >= 4 is 19.8 Å². The number of unbranched alkanes of at least 4 members (excludes halogenated alkanes) is 15. The minimum Gasteiger partial charge on any atom is -0.756 e. The Hall–Kier alpha value is -4.89. The molecule has 0 heterocycles. The van der Waals surface area contributed by atoms with Gasteiger partial charge in [0.2, 0.25) is 0 Å². The summed E-state index contributed by atoms with van der Waals surface area (Å²) in [5.41, 5.74) is 0. The van der Waals surface area contributed by atoms with E-state index in [9.17, 15) is 19.0 Å². The Morgan fingerprint density at radius 2 is 0.628 bits per heavy atom. The number of esters is 2. The molecule has 0 aromatic rings. The molecule has 0 fully saturated rings. The Kier molecular flexibility index (Phi) is 60.9. The molecular weight excluding hydrogens is 1090 g/mol. The number of phosphoric ester groups is 1. The lowest BCUT2D eigenvalue weighted by atomic mass is 10.0. The highest BCUT2D eigenvalue weighted by molar-refractivity contribution is 7.45. The summed E-state index contributed by atoms with van der Waals surface area (Å²) in [5, 5.41) is 0. The normalized spacial score (nSPS) is 14.3. The number of carbonyl (C=O) groups excluding carboxylic acids is 2. The average molecular weight is 1210 g/mol. The van der Waals surface area contributed by atoms with Crippen molar-refractivity contribution in [2.75, 3.05) is 47.5 Å². The van der Waals surface area contributed by atoms with Crippen molar-refractivity contribution < 1.29 is 42.1 Å². The number of likely N-dealkylation sites (N-methyl/N-ethyl adjacent to an activating group) is 1. The molecule has 0 aromatic carbocycles. The van der Waals surface area contributed by atoms with Gasteiger partial charge in [-0.2, -0.15) is 0 Å². The van der Waals surface area contributed by atoms with Crippen LogP contribution in [0.1, 0.15) is 232 Å². The lowest BCUT2D eigenvalue weighted by Crippen LogP contribution is -2.37. The quantitative estimate of drug-likeness (QED) is 0.0195. The molecule has 0 spiro atoms. The smallest absolute Gasteiger partial charge is 0.306 e. The van der Waals surface area contributed by atoms with Crippen molar-refractivity contribution in [3.63, 3.8) is 0 Å². The van der Waals surface area contributed by atoms with Crippen LogP contribution in [-0.4, -0.2) is 70.0 Å². The van der Waals surface area contributed by atoms with Gasteiger partial charge in [-0.05, 0) is 135 Å². The Labute approximate surface area is 527 Å². The van der Waals surface area contributed by atoms with E-state index in [2.05, 4.69) is 196 Å². The summed E-state index contributed by atoms with van der Waals surface area (Å²) in [6.07, 6.45) is 99.6. The summed E-state index contributed by atoms with van der Waals surface area (Å²) in [4.78, 5) is 38.0. The van der Waals surface area contributed by atoms with Gasteiger partial charge in [-0.15, -0.1) is 0 Å². The molecule has 0 aliphatic heterocycles. The van der Waals surface area contributed by atoms with E-state index in [-0.39, 0.29) is 26.1 Å².